The van der Waals surface area contributed by atoms with Crippen LogP contribution in [-0.2, 0) is 4.79 Å². The van der Waals surface area contributed by atoms with Gasteiger partial charge in [-0.1, -0.05) is 48.9 Å². The second kappa shape index (κ2) is 8.54. The number of anilines is 2. The Morgan fingerprint density at radius 3 is 2.30 bits per heavy atom. The molecule has 0 aliphatic heterocycles. The van der Waals surface area contributed by atoms with E-state index < -0.39 is 17.8 Å². The number of rotatable bonds is 6. The molecule has 3 aromatic carbocycles. The van der Waals surface area contributed by atoms with Crippen LogP contribution in [0.5, 0.6) is 0 Å². The molecule has 166 valence electrons. The summed E-state index contributed by atoms with van der Waals surface area (Å²) in [4.78, 5) is 28.7. The summed E-state index contributed by atoms with van der Waals surface area (Å²) in [7, 11) is 0. The number of hydrogen-bond acceptors (Lipinski definition) is 5. The Balaban J connectivity index is 1.29. The molecule has 2 unspecified atom stereocenters. The van der Waals surface area contributed by atoms with E-state index in [1.807, 2.05) is 61.5 Å². The third kappa shape index (κ3) is 4.24. The van der Waals surface area contributed by atoms with Gasteiger partial charge in [0.05, 0.1) is 5.92 Å². The lowest BCUT2D eigenvalue weighted by Gasteiger charge is -2.14. The molecule has 2 N–H and O–H groups in total. The molecule has 0 bridgehead atoms. The minimum absolute atomic E-state index is 0.0699. The second-order valence-electron chi connectivity index (χ2n) is 8.62. The Hall–Kier alpha value is -3.93. The number of aliphatic carboxylic acids is 1. The van der Waals surface area contributed by atoms with Crippen LogP contribution in [0.4, 0.5) is 11.7 Å². The molecule has 5 rings (SSSR count). The first kappa shape index (κ1) is 20.9. The minimum Gasteiger partial charge on any atom is -0.481 e. The Morgan fingerprint density at radius 1 is 0.939 bits per heavy atom. The van der Waals surface area contributed by atoms with Gasteiger partial charge < -0.3 is 14.8 Å². The fourth-order valence-electron chi connectivity index (χ4n) is 4.57. The minimum atomic E-state index is -0.871. The number of nitrogens with zero attached hydrogens (tertiary/aromatic N) is 1. The first-order valence-electron chi connectivity index (χ1n) is 11.1. The normalized spacial score (nSPS) is 17.8. The molecule has 1 heterocycles. The zero-order valence-corrected chi connectivity index (χ0v) is 18.2. The summed E-state index contributed by atoms with van der Waals surface area (Å²) >= 11 is 0. The van der Waals surface area contributed by atoms with Crippen molar-refractivity contribution in [1.82, 2.24) is 4.98 Å². The number of oxazole rings is 1. The summed E-state index contributed by atoms with van der Waals surface area (Å²) in [6.45, 7) is 2.02. The smallest absolute Gasteiger partial charge is 0.307 e. The molecule has 0 saturated heterocycles. The second-order valence-corrected chi connectivity index (χ2v) is 8.62. The van der Waals surface area contributed by atoms with Crippen molar-refractivity contribution in [2.75, 3.05) is 5.32 Å². The van der Waals surface area contributed by atoms with E-state index in [0.29, 0.717) is 24.4 Å². The highest BCUT2D eigenvalue weighted by atomic mass is 16.4. The van der Waals surface area contributed by atoms with Crippen LogP contribution in [0.25, 0.3) is 22.2 Å². The zero-order chi connectivity index (χ0) is 22.9. The van der Waals surface area contributed by atoms with Crippen molar-refractivity contribution < 1.29 is 19.1 Å². The van der Waals surface area contributed by atoms with Crippen LogP contribution >= 0.6 is 0 Å². The molecule has 4 aromatic rings. The van der Waals surface area contributed by atoms with Gasteiger partial charge in [0.2, 0.25) is 0 Å². The van der Waals surface area contributed by atoms with Gasteiger partial charge in [0.1, 0.15) is 5.52 Å². The van der Waals surface area contributed by atoms with Gasteiger partial charge in [-0.15, -0.1) is 0 Å². The van der Waals surface area contributed by atoms with Gasteiger partial charge in [-0.2, -0.15) is 4.98 Å². The summed E-state index contributed by atoms with van der Waals surface area (Å²) in [5.74, 6) is -1.93. The van der Waals surface area contributed by atoms with Crippen molar-refractivity contribution in [3.63, 3.8) is 0 Å². The number of carbonyl (C=O) groups is 2. The number of carboxylic acid groups (broad SMARTS) is 1. The zero-order valence-electron chi connectivity index (χ0n) is 18.2. The lowest BCUT2D eigenvalue weighted by atomic mass is 9.88. The van der Waals surface area contributed by atoms with Gasteiger partial charge in [0, 0.05) is 17.2 Å². The molecule has 2 atom stereocenters. The molecular formula is C27H24N2O4. The number of nitrogens with one attached hydrogen (secondary N) is 1. The number of hydrogen-bond donors (Lipinski definition) is 2. The number of carboxylic acids is 1. The first-order valence-corrected chi connectivity index (χ1v) is 11.1. The van der Waals surface area contributed by atoms with Gasteiger partial charge in [-0.05, 0) is 60.7 Å². The fraction of sp³-hybridized carbons (Fsp3) is 0.222. The van der Waals surface area contributed by atoms with E-state index in [1.165, 1.54) is 0 Å². The van der Waals surface area contributed by atoms with Crippen LogP contribution in [0.15, 0.2) is 71.1 Å². The average Bonchev–Trinajstić information content (AvgIpc) is 3.46. The predicted octanol–water partition coefficient (Wildman–Crippen LogP) is 6.23. The highest BCUT2D eigenvalue weighted by molar-refractivity contribution is 6.00. The maximum Gasteiger partial charge on any atom is 0.307 e. The first-order chi connectivity index (χ1) is 16.0. The van der Waals surface area contributed by atoms with Gasteiger partial charge in [-0.25, -0.2) is 0 Å². The van der Waals surface area contributed by atoms with E-state index >= 15 is 0 Å². The number of Topliss-reactive ketones (excluding diaryl/α,β-unsaturated/α-hetero) is 1. The molecule has 33 heavy (non-hydrogen) atoms. The largest absolute Gasteiger partial charge is 0.481 e. The number of ketones is 1. The summed E-state index contributed by atoms with van der Waals surface area (Å²) in [6.07, 6.45) is 2.01. The number of carbonyl (C=O) groups excluding carboxylic acids is 1. The van der Waals surface area contributed by atoms with Crippen LogP contribution < -0.4 is 5.32 Å². The monoisotopic (exact) mass is 440 g/mol. The van der Waals surface area contributed by atoms with E-state index in [9.17, 15) is 14.7 Å². The summed E-state index contributed by atoms with van der Waals surface area (Å²) in [5, 5.41) is 12.6. The van der Waals surface area contributed by atoms with Gasteiger partial charge >= 0.3 is 5.97 Å². The highest BCUT2D eigenvalue weighted by Gasteiger charge is 2.37. The fourth-order valence-corrected chi connectivity index (χ4v) is 4.57. The standard InChI is InChI=1S/C27H24N2O4/c1-16-5-14-24-23(15-16)29-27(33-24)28-20-12-10-18(11-13-20)17-6-8-19(9-7-17)25(30)21-3-2-4-22(21)26(31)32/h5-15,21-22H,2-4H2,1H3,(H,28,29)(H,31,32). The van der Waals surface area contributed by atoms with Crippen molar-refractivity contribution in [2.45, 2.75) is 26.2 Å². The third-order valence-electron chi connectivity index (χ3n) is 6.35. The topological polar surface area (TPSA) is 92.4 Å². The number of benzene rings is 3. The summed E-state index contributed by atoms with van der Waals surface area (Å²) < 4.78 is 5.75. The molecule has 6 heteroatoms. The maximum absolute atomic E-state index is 12.8. The predicted molar refractivity (Wildman–Crippen MR) is 127 cm³/mol. The summed E-state index contributed by atoms with van der Waals surface area (Å²) in [5.41, 5.74) is 6.10. The van der Waals surface area contributed by atoms with Crippen molar-refractivity contribution >= 4 is 34.6 Å². The van der Waals surface area contributed by atoms with E-state index in [-0.39, 0.29) is 5.78 Å². The van der Waals surface area contributed by atoms with Crippen LogP contribution in [0.2, 0.25) is 0 Å². The van der Waals surface area contributed by atoms with Crippen LogP contribution in [-0.4, -0.2) is 21.8 Å². The Kier molecular flexibility index (Phi) is 5.42. The Morgan fingerprint density at radius 2 is 1.61 bits per heavy atom. The van der Waals surface area contributed by atoms with Crippen molar-refractivity contribution in [3.8, 4) is 11.1 Å². The lowest BCUT2D eigenvalue weighted by Crippen LogP contribution is -2.25. The van der Waals surface area contributed by atoms with E-state index in [1.54, 1.807) is 12.1 Å². The molecule has 1 aromatic heterocycles. The third-order valence-corrected chi connectivity index (χ3v) is 6.35. The average molecular weight is 440 g/mol. The SMILES string of the molecule is Cc1ccc2oc(Nc3ccc(-c4ccc(C(=O)C5CCCC5C(=O)O)cc4)cc3)nc2c1. The van der Waals surface area contributed by atoms with Crippen molar-refractivity contribution in [2.24, 2.45) is 11.8 Å². The van der Waals surface area contributed by atoms with Gasteiger partial charge in [0.15, 0.2) is 11.4 Å². The molecule has 0 spiro atoms. The Bertz CT molecular complexity index is 1320. The van der Waals surface area contributed by atoms with Crippen LogP contribution in [0.3, 0.4) is 0 Å². The summed E-state index contributed by atoms with van der Waals surface area (Å²) in [6, 6.07) is 21.6. The van der Waals surface area contributed by atoms with Gasteiger partial charge in [-0.3, -0.25) is 9.59 Å². The lowest BCUT2D eigenvalue weighted by molar-refractivity contribution is -0.142. The molecule has 6 nitrogen and oxygen atoms in total. The van der Waals surface area contributed by atoms with Crippen LogP contribution in [0.1, 0.15) is 35.2 Å². The maximum atomic E-state index is 12.8. The van der Waals surface area contributed by atoms with E-state index in [2.05, 4.69) is 10.3 Å². The highest BCUT2D eigenvalue weighted by Crippen LogP contribution is 2.35. The number of fused-ring (bicyclic) bond motifs is 1. The van der Waals surface area contributed by atoms with E-state index in [0.717, 1.165) is 39.9 Å². The van der Waals surface area contributed by atoms with Crippen LogP contribution in [0, 0.1) is 18.8 Å². The molecular weight excluding hydrogens is 416 g/mol. The number of aryl methyl sites for hydroxylation is 1. The molecule has 1 fully saturated rings. The molecule has 1 aliphatic carbocycles. The van der Waals surface area contributed by atoms with Crippen molar-refractivity contribution in [1.29, 1.82) is 0 Å². The van der Waals surface area contributed by atoms with Gasteiger partial charge in [0.25, 0.3) is 6.01 Å². The molecule has 1 aliphatic rings. The Labute approximate surface area is 191 Å². The molecule has 0 radical (unpaired) electrons. The number of aromatic nitrogens is 1. The molecule has 0 amide bonds. The van der Waals surface area contributed by atoms with E-state index in [4.69, 9.17) is 4.42 Å². The van der Waals surface area contributed by atoms with Crippen molar-refractivity contribution in [3.05, 3.63) is 77.9 Å². The molecule has 1 saturated carbocycles. The quantitative estimate of drug-likeness (QED) is 0.345.